The van der Waals surface area contributed by atoms with Crippen molar-refractivity contribution in [1.82, 2.24) is 0 Å². The first-order chi connectivity index (χ1) is 7.19. The highest BCUT2D eigenvalue weighted by Gasteiger charge is 2.09. The van der Waals surface area contributed by atoms with Gasteiger partial charge in [0.2, 0.25) is 0 Å². The molecule has 0 saturated carbocycles. The van der Waals surface area contributed by atoms with Crippen molar-refractivity contribution in [2.75, 3.05) is 13.2 Å². The molecule has 0 heterocycles. The molecule has 0 aliphatic rings. The predicted molar refractivity (Wildman–Crippen MR) is 61.4 cm³/mol. The molecule has 0 aliphatic heterocycles. The van der Waals surface area contributed by atoms with E-state index in [2.05, 4.69) is 0 Å². The quantitative estimate of drug-likeness (QED) is 0.810. The summed E-state index contributed by atoms with van der Waals surface area (Å²) in [7, 11) is 0. The molecule has 0 aromatic heterocycles. The molecule has 0 saturated heterocycles. The predicted octanol–water partition coefficient (Wildman–Crippen LogP) is 2.50. The van der Waals surface area contributed by atoms with Gasteiger partial charge in [-0.3, -0.25) is 0 Å². The Morgan fingerprint density at radius 3 is 2.40 bits per heavy atom. The highest BCUT2D eigenvalue weighted by Crippen LogP contribution is 2.28. The lowest BCUT2D eigenvalue weighted by molar-refractivity contribution is 0.326. The van der Waals surface area contributed by atoms with E-state index in [-0.39, 0.29) is 6.04 Å². The van der Waals surface area contributed by atoms with E-state index in [1.54, 1.807) is 0 Å². The van der Waals surface area contributed by atoms with Crippen LogP contribution in [0.2, 0.25) is 0 Å². The fourth-order valence-corrected chi connectivity index (χ4v) is 1.43. The van der Waals surface area contributed by atoms with Gasteiger partial charge in [-0.1, -0.05) is 0 Å². The smallest absolute Gasteiger partial charge is 0.124 e. The molecule has 0 fully saturated rings. The molecule has 1 rings (SSSR count). The fraction of sp³-hybridized carbons (Fsp3) is 0.500. The second kappa shape index (κ2) is 5.61. The Balaban J connectivity index is 2.97. The average molecular weight is 209 g/mol. The molecule has 0 amide bonds. The maximum atomic E-state index is 5.87. The number of hydrogen-bond donors (Lipinski definition) is 1. The molecule has 3 nitrogen and oxygen atoms in total. The van der Waals surface area contributed by atoms with E-state index in [0.29, 0.717) is 13.2 Å². The van der Waals surface area contributed by atoms with Gasteiger partial charge in [0.25, 0.3) is 0 Å². The minimum absolute atomic E-state index is 0.0491. The van der Waals surface area contributed by atoms with Gasteiger partial charge in [0.15, 0.2) is 0 Å². The van der Waals surface area contributed by atoms with Crippen LogP contribution in [0, 0.1) is 0 Å². The summed E-state index contributed by atoms with van der Waals surface area (Å²) in [6.45, 7) is 7.16. The van der Waals surface area contributed by atoms with Gasteiger partial charge >= 0.3 is 0 Å². The van der Waals surface area contributed by atoms with Gasteiger partial charge in [-0.2, -0.15) is 0 Å². The maximum Gasteiger partial charge on any atom is 0.124 e. The Bertz CT molecular complexity index is 310. The summed E-state index contributed by atoms with van der Waals surface area (Å²) in [5.41, 5.74) is 6.86. The van der Waals surface area contributed by atoms with Crippen molar-refractivity contribution in [2.45, 2.75) is 26.8 Å². The second-order valence-corrected chi connectivity index (χ2v) is 3.35. The van der Waals surface area contributed by atoms with Crippen molar-refractivity contribution >= 4 is 0 Å². The van der Waals surface area contributed by atoms with Crippen molar-refractivity contribution < 1.29 is 9.47 Å². The molecule has 0 unspecified atom stereocenters. The van der Waals surface area contributed by atoms with Crippen LogP contribution < -0.4 is 15.2 Å². The van der Waals surface area contributed by atoms with E-state index in [0.717, 1.165) is 17.1 Å². The van der Waals surface area contributed by atoms with E-state index in [9.17, 15) is 0 Å². The summed E-state index contributed by atoms with van der Waals surface area (Å²) >= 11 is 0. The highest BCUT2D eigenvalue weighted by atomic mass is 16.5. The Morgan fingerprint density at radius 2 is 1.87 bits per heavy atom. The van der Waals surface area contributed by atoms with Gasteiger partial charge in [-0.05, 0) is 39.0 Å². The summed E-state index contributed by atoms with van der Waals surface area (Å²) in [6.07, 6.45) is 0. The van der Waals surface area contributed by atoms with Gasteiger partial charge in [-0.15, -0.1) is 0 Å². The summed E-state index contributed by atoms with van der Waals surface area (Å²) in [4.78, 5) is 0. The van der Waals surface area contributed by atoms with Crippen molar-refractivity contribution in [3.63, 3.8) is 0 Å². The van der Waals surface area contributed by atoms with Crippen molar-refractivity contribution in [1.29, 1.82) is 0 Å². The SMILES string of the molecule is CCOc1ccc(OCC)c([C@@H](C)N)c1. The van der Waals surface area contributed by atoms with Crippen LogP contribution in [0.5, 0.6) is 11.5 Å². The number of ether oxygens (including phenoxy) is 2. The number of nitrogens with two attached hydrogens (primary N) is 1. The Kier molecular flexibility index (Phi) is 4.43. The van der Waals surface area contributed by atoms with Crippen molar-refractivity contribution in [3.8, 4) is 11.5 Å². The van der Waals surface area contributed by atoms with E-state index in [1.807, 2.05) is 39.0 Å². The van der Waals surface area contributed by atoms with Crippen LogP contribution in [0.3, 0.4) is 0 Å². The zero-order valence-corrected chi connectivity index (χ0v) is 9.62. The standard InChI is InChI=1S/C12H19NO2/c1-4-14-10-6-7-12(15-5-2)11(8-10)9(3)13/h6-9H,4-5,13H2,1-3H3/t9-/m1/s1. The maximum absolute atomic E-state index is 5.87. The average Bonchev–Trinajstić information content (AvgIpc) is 2.21. The molecular weight excluding hydrogens is 190 g/mol. The summed E-state index contributed by atoms with van der Waals surface area (Å²) in [6, 6.07) is 5.71. The summed E-state index contributed by atoms with van der Waals surface area (Å²) < 4.78 is 10.9. The zero-order chi connectivity index (χ0) is 11.3. The molecule has 0 bridgehead atoms. The Hall–Kier alpha value is -1.22. The Morgan fingerprint density at radius 1 is 1.20 bits per heavy atom. The Labute approximate surface area is 91.2 Å². The highest BCUT2D eigenvalue weighted by molar-refractivity contribution is 5.41. The van der Waals surface area contributed by atoms with Crippen LogP contribution >= 0.6 is 0 Å². The molecule has 1 aromatic rings. The van der Waals surface area contributed by atoms with Crippen LogP contribution in [0.4, 0.5) is 0 Å². The molecule has 1 aromatic carbocycles. The lowest BCUT2D eigenvalue weighted by atomic mass is 10.1. The fourth-order valence-electron chi connectivity index (χ4n) is 1.43. The third kappa shape index (κ3) is 3.13. The molecule has 0 spiro atoms. The van der Waals surface area contributed by atoms with Crippen molar-refractivity contribution in [2.24, 2.45) is 5.73 Å². The number of rotatable bonds is 5. The minimum Gasteiger partial charge on any atom is -0.494 e. The molecule has 84 valence electrons. The molecule has 15 heavy (non-hydrogen) atoms. The van der Waals surface area contributed by atoms with Gasteiger partial charge in [0.05, 0.1) is 13.2 Å². The van der Waals surface area contributed by atoms with Crippen LogP contribution in [0.1, 0.15) is 32.4 Å². The molecular formula is C12H19NO2. The molecule has 2 N–H and O–H groups in total. The molecule has 0 radical (unpaired) electrons. The third-order valence-corrected chi connectivity index (χ3v) is 2.08. The van der Waals surface area contributed by atoms with Crippen LogP contribution in [0.15, 0.2) is 18.2 Å². The number of benzene rings is 1. The lowest BCUT2D eigenvalue weighted by Gasteiger charge is -2.14. The van der Waals surface area contributed by atoms with E-state index >= 15 is 0 Å². The molecule has 1 atom stereocenters. The van der Waals surface area contributed by atoms with Gasteiger partial charge in [0, 0.05) is 11.6 Å². The lowest BCUT2D eigenvalue weighted by Crippen LogP contribution is -2.08. The van der Waals surface area contributed by atoms with E-state index in [1.165, 1.54) is 0 Å². The topological polar surface area (TPSA) is 44.5 Å². The molecule has 3 heteroatoms. The summed E-state index contributed by atoms with van der Waals surface area (Å²) in [5.74, 6) is 1.68. The van der Waals surface area contributed by atoms with E-state index in [4.69, 9.17) is 15.2 Å². The minimum atomic E-state index is -0.0491. The first kappa shape index (κ1) is 11.9. The number of hydrogen-bond acceptors (Lipinski definition) is 3. The first-order valence-electron chi connectivity index (χ1n) is 5.34. The van der Waals surface area contributed by atoms with Gasteiger partial charge in [0.1, 0.15) is 11.5 Å². The third-order valence-electron chi connectivity index (χ3n) is 2.08. The van der Waals surface area contributed by atoms with E-state index < -0.39 is 0 Å². The van der Waals surface area contributed by atoms with Gasteiger partial charge in [-0.25, -0.2) is 0 Å². The summed E-state index contributed by atoms with van der Waals surface area (Å²) in [5, 5.41) is 0. The monoisotopic (exact) mass is 209 g/mol. The van der Waals surface area contributed by atoms with Crippen LogP contribution in [0.25, 0.3) is 0 Å². The van der Waals surface area contributed by atoms with Crippen LogP contribution in [-0.4, -0.2) is 13.2 Å². The molecule has 0 aliphatic carbocycles. The zero-order valence-electron chi connectivity index (χ0n) is 9.62. The van der Waals surface area contributed by atoms with Gasteiger partial charge < -0.3 is 15.2 Å². The normalized spacial score (nSPS) is 12.3. The van der Waals surface area contributed by atoms with Crippen LogP contribution in [-0.2, 0) is 0 Å². The van der Waals surface area contributed by atoms with Crippen molar-refractivity contribution in [3.05, 3.63) is 23.8 Å². The first-order valence-corrected chi connectivity index (χ1v) is 5.34. The largest absolute Gasteiger partial charge is 0.494 e. The second-order valence-electron chi connectivity index (χ2n) is 3.35.